The number of nitrogens with zero attached hydrogens (tertiary/aromatic N) is 4. The Morgan fingerprint density at radius 1 is 0.744 bits per heavy atom. The fourth-order valence-corrected chi connectivity index (χ4v) is 5.51. The second kappa shape index (κ2) is 9.30. The Balaban J connectivity index is 1.29. The van der Waals surface area contributed by atoms with E-state index in [0.29, 0.717) is 0 Å². The molecule has 39 heavy (non-hydrogen) atoms. The maximum atomic E-state index is 10.3. The first-order valence-corrected chi connectivity index (χ1v) is 13.0. The van der Waals surface area contributed by atoms with Crippen LogP contribution in [0.15, 0.2) is 125 Å². The summed E-state index contributed by atoms with van der Waals surface area (Å²) >= 11 is 0. The van der Waals surface area contributed by atoms with E-state index in [-0.39, 0.29) is 11.8 Å². The smallest absolute Gasteiger partial charge is 0.116 e. The van der Waals surface area contributed by atoms with Gasteiger partial charge in [-0.1, -0.05) is 78.9 Å². The molecule has 1 aromatic heterocycles. The van der Waals surface area contributed by atoms with Gasteiger partial charge in [0.05, 0.1) is 28.3 Å². The van der Waals surface area contributed by atoms with Crippen molar-refractivity contribution >= 4 is 45.2 Å². The second-order valence-electron chi connectivity index (χ2n) is 9.84. The summed E-state index contributed by atoms with van der Waals surface area (Å²) in [4.78, 5) is 0. The predicted octanol–water partition coefficient (Wildman–Crippen LogP) is 6.85. The lowest BCUT2D eigenvalue weighted by molar-refractivity contribution is 0.476. The second-order valence-corrected chi connectivity index (χ2v) is 9.84. The number of azo groups is 1. The average Bonchev–Trinajstić information content (AvgIpc) is 3.47. The number of phenols is 1. The van der Waals surface area contributed by atoms with E-state index in [0.717, 1.165) is 49.2 Å². The average molecular weight is 507 g/mol. The molecule has 1 N–H and O–H groups in total. The minimum atomic E-state index is 0.128. The molecule has 0 radical (unpaired) electrons. The van der Waals surface area contributed by atoms with Gasteiger partial charge in [0.2, 0.25) is 0 Å². The van der Waals surface area contributed by atoms with E-state index in [4.69, 9.17) is 0 Å². The van der Waals surface area contributed by atoms with Crippen molar-refractivity contribution in [3.05, 3.63) is 137 Å². The van der Waals surface area contributed by atoms with E-state index >= 15 is 0 Å². The van der Waals surface area contributed by atoms with Gasteiger partial charge >= 0.3 is 0 Å². The molecular weight excluding hydrogens is 480 g/mol. The van der Waals surface area contributed by atoms with Crippen molar-refractivity contribution in [2.24, 2.45) is 10.2 Å². The lowest BCUT2D eigenvalue weighted by Gasteiger charge is -2.25. The molecule has 5 nitrogen and oxygen atoms in total. The van der Waals surface area contributed by atoms with Crippen molar-refractivity contribution < 1.29 is 5.11 Å². The Kier molecular flexibility index (Phi) is 5.48. The van der Waals surface area contributed by atoms with Crippen LogP contribution in [-0.4, -0.2) is 16.8 Å². The van der Waals surface area contributed by atoms with Gasteiger partial charge in [-0.25, -0.2) is 0 Å². The molecule has 0 bridgehead atoms. The quantitative estimate of drug-likeness (QED) is 0.266. The molecule has 188 valence electrons. The van der Waals surface area contributed by atoms with E-state index in [1.54, 1.807) is 6.07 Å². The van der Waals surface area contributed by atoms with Gasteiger partial charge in [0.25, 0.3) is 0 Å². The van der Waals surface area contributed by atoms with Crippen LogP contribution >= 0.6 is 0 Å². The standard InChI is InChI=1S/C34H26N4O/c1-37-33(25-9-3-2-4-10-25)22-34-29(30-21-27(39)18-19-32(30)38(34)37)20-23-14-16-26(17-15-23)35-36-31-13-7-11-24-8-5-6-12-28(24)31/h2-22,33,39H,1H3/b29-20-,36-35+. The minimum absolute atomic E-state index is 0.128. The topological polar surface area (TPSA) is 53.1 Å². The molecule has 0 saturated carbocycles. The zero-order valence-corrected chi connectivity index (χ0v) is 21.4. The predicted molar refractivity (Wildman–Crippen MR) is 159 cm³/mol. The Hall–Kier alpha value is -5.16. The molecule has 1 unspecified atom stereocenters. The van der Waals surface area contributed by atoms with Crippen molar-refractivity contribution in [3.63, 3.8) is 0 Å². The fourth-order valence-electron chi connectivity index (χ4n) is 5.51. The van der Waals surface area contributed by atoms with Gasteiger partial charge in [0, 0.05) is 23.0 Å². The van der Waals surface area contributed by atoms with Gasteiger partial charge in [-0.2, -0.15) is 5.11 Å². The maximum Gasteiger partial charge on any atom is 0.116 e. The third-order valence-electron chi connectivity index (χ3n) is 7.42. The summed E-state index contributed by atoms with van der Waals surface area (Å²) in [6.45, 7) is 0. The van der Waals surface area contributed by atoms with Crippen molar-refractivity contribution in [1.29, 1.82) is 0 Å². The number of rotatable bonds is 4. The lowest BCUT2D eigenvalue weighted by Crippen LogP contribution is -2.35. The van der Waals surface area contributed by atoms with Gasteiger partial charge in [-0.05, 0) is 65.1 Å². The number of aromatic hydroxyl groups is 1. The van der Waals surface area contributed by atoms with Crippen LogP contribution in [0, 0.1) is 0 Å². The molecule has 1 aliphatic heterocycles. The molecule has 5 heteroatoms. The van der Waals surface area contributed by atoms with Crippen LogP contribution in [0.4, 0.5) is 11.4 Å². The molecule has 0 saturated heterocycles. The molecule has 1 atom stereocenters. The molecule has 0 aliphatic carbocycles. The van der Waals surface area contributed by atoms with Crippen LogP contribution in [0.2, 0.25) is 0 Å². The summed E-state index contributed by atoms with van der Waals surface area (Å²) in [6.07, 6.45) is 4.47. The molecule has 6 aromatic rings. The highest BCUT2D eigenvalue weighted by molar-refractivity contribution is 5.92. The summed E-state index contributed by atoms with van der Waals surface area (Å²) in [7, 11) is 2.11. The van der Waals surface area contributed by atoms with Crippen molar-refractivity contribution in [2.75, 3.05) is 12.1 Å². The lowest BCUT2D eigenvalue weighted by atomic mass is 10.1. The number of aromatic nitrogens is 1. The molecular formula is C34H26N4O. The first-order chi connectivity index (χ1) is 19.2. The zero-order valence-electron chi connectivity index (χ0n) is 21.4. The van der Waals surface area contributed by atoms with E-state index in [1.165, 1.54) is 5.56 Å². The van der Waals surface area contributed by atoms with Crippen LogP contribution in [-0.2, 0) is 0 Å². The van der Waals surface area contributed by atoms with Crippen LogP contribution < -0.4 is 15.6 Å². The summed E-state index contributed by atoms with van der Waals surface area (Å²) < 4.78 is 2.24. The molecule has 1 aliphatic rings. The van der Waals surface area contributed by atoms with Crippen LogP contribution in [0.1, 0.15) is 17.2 Å². The molecule has 0 fully saturated rings. The number of phenolic OH excluding ortho intramolecular Hbond substituents is 1. The maximum absolute atomic E-state index is 10.3. The van der Waals surface area contributed by atoms with Crippen LogP contribution in [0.5, 0.6) is 5.75 Å². The molecule has 2 heterocycles. The molecule has 5 aromatic carbocycles. The largest absolute Gasteiger partial charge is 0.508 e. The van der Waals surface area contributed by atoms with E-state index in [2.05, 4.69) is 93.7 Å². The summed E-state index contributed by atoms with van der Waals surface area (Å²) in [5, 5.41) is 27.0. The highest BCUT2D eigenvalue weighted by Crippen LogP contribution is 2.28. The van der Waals surface area contributed by atoms with E-state index in [1.807, 2.05) is 54.6 Å². The first-order valence-electron chi connectivity index (χ1n) is 13.0. The number of benzene rings is 5. The van der Waals surface area contributed by atoms with Gasteiger partial charge in [-0.15, -0.1) is 5.11 Å². The van der Waals surface area contributed by atoms with Gasteiger partial charge in [-0.3, -0.25) is 4.68 Å². The Morgan fingerprint density at radius 3 is 2.36 bits per heavy atom. The van der Waals surface area contributed by atoms with Crippen LogP contribution in [0.25, 0.3) is 33.8 Å². The van der Waals surface area contributed by atoms with Crippen molar-refractivity contribution in [3.8, 4) is 5.75 Å². The zero-order chi connectivity index (χ0) is 26.3. The minimum Gasteiger partial charge on any atom is -0.508 e. The third kappa shape index (κ3) is 4.05. The number of fused-ring (bicyclic) bond motifs is 4. The number of hydrogen-bond donors (Lipinski definition) is 1. The summed E-state index contributed by atoms with van der Waals surface area (Å²) in [5.41, 5.74) is 5.00. The summed E-state index contributed by atoms with van der Waals surface area (Å²) in [5.74, 6) is 0.257. The number of hydrogen-bond acceptors (Lipinski definition) is 4. The first kappa shape index (κ1) is 23.0. The summed E-state index contributed by atoms with van der Waals surface area (Å²) in [6, 6.07) is 38.6. The molecule has 7 rings (SSSR count). The normalized spacial score (nSPS) is 15.4. The highest BCUT2D eigenvalue weighted by Gasteiger charge is 2.24. The van der Waals surface area contributed by atoms with Gasteiger partial charge in [0.1, 0.15) is 5.75 Å². The van der Waals surface area contributed by atoms with Crippen LogP contribution in [0.3, 0.4) is 0 Å². The van der Waals surface area contributed by atoms with Crippen molar-refractivity contribution in [2.45, 2.75) is 6.04 Å². The fraction of sp³-hybridized carbons (Fsp3) is 0.0588. The molecule has 0 spiro atoms. The van der Waals surface area contributed by atoms with E-state index in [9.17, 15) is 5.11 Å². The van der Waals surface area contributed by atoms with Gasteiger partial charge in [0.15, 0.2) is 0 Å². The Bertz CT molecular complexity index is 1980. The third-order valence-corrected chi connectivity index (χ3v) is 7.42. The van der Waals surface area contributed by atoms with E-state index < -0.39 is 0 Å². The Morgan fingerprint density at radius 2 is 1.51 bits per heavy atom. The van der Waals surface area contributed by atoms with Gasteiger partial charge < -0.3 is 10.1 Å². The monoisotopic (exact) mass is 506 g/mol. The Labute approximate surface area is 225 Å². The SMILES string of the molecule is CN1C(c2ccccc2)C=c2/c(=C\c3ccc(/N=N/c4cccc5ccccc45)cc3)c3cc(O)ccc3n21. The highest BCUT2D eigenvalue weighted by atomic mass is 16.3. The molecule has 0 amide bonds. The van der Waals surface area contributed by atoms with Crippen molar-refractivity contribution in [1.82, 2.24) is 4.68 Å².